The minimum Gasteiger partial charge on any atom is -0.452 e. The van der Waals surface area contributed by atoms with E-state index in [1.54, 1.807) is 24.3 Å². The van der Waals surface area contributed by atoms with Crippen LogP contribution in [0.2, 0.25) is 0 Å². The number of carbonyl (C=O) groups is 2. The molecule has 0 saturated heterocycles. The molecular formula is C21H21NO5S. The Labute approximate surface area is 164 Å². The van der Waals surface area contributed by atoms with Gasteiger partial charge in [-0.05, 0) is 30.7 Å². The normalized spacial score (nSPS) is 17.2. The summed E-state index contributed by atoms with van der Waals surface area (Å²) in [4.78, 5) is 26.3. The number of benzene rings is 2. The van der Waals surface area contributed by atoms with Crippen LogP contribution < -0.4 is 0 Å². The van der Waals surface area contributed by atoms with E-state index in [1.807, 2.05) is 37.3 Å². The van der Waals surface area contributed by atoms with Gasteiger partial charge in [0.1, 0.15) is 0 Å². The molecule has 6 nitrogen and oxygen atoms in total. The highest BCUT2D eigenvalue weighted by molar-refractivity contribution is 7.94. The third kappa shape index (κ3) is 5.07. The second-order valence-electron chi connectivity index (χ2n) is 6.67. The third-order valence-electron chi connectivity index (χ3n) is 4.44. The SMILES string of the molecule is Cc1ccc(C(=O)OCC(=O)N(Cc2ccccc2)[C@H]2C=CS(=O)(=O)C2)cc1. The van der Waals surface area contributed by atoms with Gasteiger partial charge < -0.3 is 9.64 Å². The Kier molecular flexibility index (Phi) is 5.94. The number of amides is 1. The van der Waals surface area contributed by atoms with Gasteiger partial charge in [0.15, 0.2) is 16.4 Å². The first-order valence-electron chi connectivity index (χ1n) is 8.82. The first-order chi connectivity index (χ1) is 13.3. The molecule has 0 N–H and O–H groups in total. The van der Waals surface area contributed by atoms with E-state index in [1.165, 1.54) is 11.0 Å². The molecule has 7 heteroatoms. The van der Waals surface area contributed by atoms with Crippen LogP contribution in [0.3, 0.4) is 0 Å². The van der Waals surface area contributed by atoms with Crippen molar-refractivity contribution in [2.24, 2.45) is 0 Å². The zero-order valence-electron chi connectivity index (χ0n) is 15.4. The van der Waals surface area contributed by atoms with Gasteiger partial charge in [-0.2, -0.15) is 0 Å². The van der Waals surface area contributed by atoms with E-state index in [-0.39, 0.29) is 12.3 Å². The van der Waals surface area contributed by atoms with Crippen molar-refractivity contribution in [3.63, 3.8) is 0 Å². The summed E-state index contributed by atoms with van der Waals surface area (Å²) in [5.41, 5.74) is 2.23. The Balaban J connectivity index is 1.70. The number of ether oxygens (including phenoxy) is 1. The summed E-state index contributed by atoms with van der Waals surface area (Å²) in [6, 6.07) is 15.5. The smallest absolute Gasteiger partial charge is 0.338 e. The summed E-state index contributed by atoms with van der Waals surface area (Å²) in [7, 11) is -3.33. The fourth-order valence-corrected chi connectivity index (χ4v) is 4.21. The summed E-state index contributed by atoms with van der Waals surface area (Å²) in [5, 5.41) is 1.13. The number of carbonyl (C=O) groups excluding carboxylic acids is 2. The molecule has 2 aromatic rings. The van der Waals surface area contributed by atoms with Crippen LogP contribution in [-0.2, 0) is 25.9 Å². The van der Waals surface area contributed by atoms with Gasteiger partial charge in [0.25, 0.3) is 5.91 Å². The molecule has 2 aromatic carbocycles. The van der Waals surface area contributed by atoms with Gasteiger partial charge in [0, 0.05) is 12.0 Å². The van der Waals surface area contributed by atoms with Crippen LogP contribution in [0, 0.1) is 6.92 Å². The molecule has 0 saturated carbocycles. The van der Waals surface area contributed by atoms with Gasteiger partial charge in [-0.25, -0.2) is 13.2 Å². The Morgan fingerprint density at radius 3 is 2.36 bits per heavy atom. The van der Waals surface area contributed by atoms with Gasteiger partial charge in [-0.15, -0.1) is 0 Å². The van der Waals surface area contributed by atoms with Crippen LogP contribution in [-0.4, -0.2) is 43.6 Å². The Bertz CT molecular complexity index is 981. The number of sulfone groups is 1. The third-order valence-corrected chi connectivity index (χ3v) is 5.82. The van der Waals surface area contributed by atoms with E-state index >= 15 is 0 Å². The Morgan fingerprint density at radius 2 is 1.75 bits per heavy atom. The zero-order valence-corrected chi connectivity index (χ0v) is 16.3. The van der Waals surface area contributed by atoms with Crippen molar-refractivity contribution in [3.8, 4) is 0 Å². The molecule has 28 heavy (non-hydrogen) atoms. The molecule has 0 aromatic heterocycles. The molecule has 1 aliphatic heterocycles. The van der Waals surface area contributed by atoms with Crippen molar-refractivity contribution in [1.29, 1.82) is 0 Å². The first kappa shape index (κ1) is 19.8. The molecule has 0 fully saturated rings. The average molecular weight is 399 g/mol. The maximum absolute atomic E-state index is 12.8. The predicted octanol–water partition coefficient (Wildman–Crippen LogP) is 2.49. The van der Waals surface area contributed by atoms with Gasteiger partial charge in [-0.1, -0.05) is 48.0 Å². The van der Waals surface area contributed by atoms with Crippen molar-refractivity contribution < 1.29 is 22.7 Å². The summed E-state index contributed by atoms with van der Waals surface area (Å²) in [5.74, 6) is -1.21. The van der Waals surface area contributed by atoms with E-state index in [4.69, 9.17) is 4.74 Å². The van der Waals surface area contributed by atoms with E-state index in [9.17, 15) is 18.0 Å². The van der Waals surface area contributed by atoms with E-state index in [2.05, 4.69) is 0 Å². The molecule has 1 amide bonds. The molecule has 3 rings (SSSR count). The zero-order chi connectivity index (χ0) is 20.1. The number of nitrogens with zero attached hydrogens (tertiary/aromatic N) is 1. The molecule has 0 bridgehead atoms. The monoisotopic (exact) mass is 399 g/mol. The first-order valence-corrected chi connectivity index (χ1v) is 10.5. The maximum atomic E-state index is 12.8. The van der Waals surface area contributed by atoms with E-state index in [0.717, 1.165) is 16.5 Å². The summed E-state index contributed by atoms with van der Waals surface area (Å²) in [6.07, 6.45) is 1.50. The van der Waals surface area contributed by atoms with Crippen LogP contribution in [0.5, 0.6) is 0 Å². The van der Waals surface area contributed by atoms with Crippen molar-refractivity contribution in [2.75, 3.05) is 12.4 Å². The quantitative estimate of drug-likeness (QED) is 0.697. The van der Waals surface area contributed by atoms with Crippen molar-refractivity contribution in [1.82, 2.24) is 4.90 Å². The van der Waals surface area contributed by atoms with E-state index < -0.39 is 34.4 Å². The molecule has 0 unspecified atom stereocenters. The molecule has 1 heterocycles. The summed E-state index contributed by atoms with van der Waals surface area (Å²) < 4.78 is 28.7. The Hall–Kier alpha value is -2.93. The summed E-state index contributed by atoms with van der Waals surface area (Å²) >= 11 is 0. The van der Waals surface area contributed by atoms with Gasteiger partial charge in [-0.3, -0.25) is 4.79 Å². The number of rotatable bonds is 6. The highest BCUT2D eigenvalue weighted by Gasteiger charge is 2.30. The largest absolute Gasteiger partial charge is 0.452 e. The van der Waals surface area contributed by atoms with Crippen LogP contribution in [0.4, 0.5) is 0 Å². The minimum atomic E-state index is -3.33. The number of hydrogen-bond acceptors (Lipinski definition) is 5. The highest BCUT2D eigenvalue weighted by atomic mass is 32.2. The van der Waals surface area contributed by atoms with Gasteiger partial charge in [0.2, 0.25) is 0 Å². The van der Waals surface area contributed by atoms with Crippen molar-refractivity contribution in [3.05, 3.63) is 82.8 Å². The van der Waals surface area contributed by atoms with Crippen LogP contribution in [0.15, 0.2) is 66.1 Å². The van der Waals surface area contributed by atoms with Crippen LogP contribution in [0.1, 0.15) is 21.5 Å². The lowest BCUT2D eigenvalue weighted by Gasteiger charge is -2.27. The second-order valence-corrected chi connectivity index (χ2v) is 8.61. The molecule has 0 spiro atoms. The lowest BCUT2D eigenvalue weighted by Crippen LogP contribution is -2.42. The fraction of sp³-hybridized carbons (Fsp3) is 0.238. The number of esters is 1. The number of hydrogen-bond donors (Lipinski definition) is 0. The Morgan fingerprint density at radius 1 is 1.07 bits per heavy atom. The van der Waals surface area contributed by atoms with Crippen LogP contribution in [0.25, 0.3) is 0 Å². The molecule has 0 aliphatic carbocycles. The van der Waals surface area contributed by atoms with Crippen molar-refractivity contribution >= 4 is 21.7 Å². The predicted molar refractivity (Wildman–Crippen MR) is 105 cm³/mol. The minimum absolute atomic E-state index is 0.169. The van der Waals surface area contributed by atoms with E-state index in [0.29, 0.717) is 5.56 Å². The molecule has 1 aliphatic rings. The van der Waals surface area contributed by atoms with Gasteiger partial charge >= 0.3 is 5.97 Å². The maximum Gasteiger partial charge on any atom is 0.338 e. The standard InChI is InChI=1S/C21H21NO5S/c1-16-7-9-18(10-8-16)21(24)27-14-20(23)22(13-17-5-3-2-4-6-17)19-11-12-28(25,26)15-19/h2-12,19H,13-15H2,1H3/t19-/m0/s1. The second kappa shape index (κ2) is 8.39. The lowest BCUT2D eigenvalue weighted by atomic mass is 10.1. The lowest BCUT2D eigenvalue weighted by molar-refractivity contribution is -0.136. The highest BCUT2D eigenvalue weighted by Crippen LogP contribution is 2.18. The molecule has 1 atom stereocenters. The average Bonchev–Trinajstić information content (AvgIpc) is 3.04. The van der Waals surface area contributed by atoms with Gasteiger partial charge in [0.05, 0.1) is 17.4 Å². The van der Waals surface area contributed by atoms with Crippen molar-refractivity contribution in [2.45, 2.75) is 19.5 Å². The number of aryl methyl sites for hydroxylation is 1. The molecule has 146 valence electrons. The molecular weight excluding hydrogens is 378 g/mol. The topological polar surface area (TPSA) is 80.8 Å². The fourth-order valence-electron chi connectivity index (χ4n) is 2.91. The van der Waals surface area contributed by atoms with Crippen LogP contribution >= 0.6 is 0 Å². The summed E-state index contributed by atoms with van der Waals surface area (Å²) in [6.45, 7) is 1.68. The molecule has 0 radical (unpaired) electrons.